The Labute approximate surface area is 155 Å². The van der Waals surface area contributed by atoms with Crippen LogP contribution in [0, 0.1) is 5.92 Å². The minimum absolute atomic E-state index is 0.315. The predicted molar refractivity (Wildman–Crippen MR) is 107 cm³/mol. The molecule has 25 heavy (non-hydrogen) atoms. The smallest absolute Gasteiger partial charge is 0.173 e. The summed E-state index contributed by atoms with van der Waals surface area (Å²) in [6.45, 7) is 3.32. The van der Waals surface area contributed by atoms with Crippen molar-refractivity contribution >= 4 is 23.0 Å². The molecule has 0 bridgehead atoms. The van der Waals surface area contributed by atoms with E-state index in [4.69, 9.17) is 17.0 Å². The molecule has 0 radical (unpaired) electrons. The molecule has 2 heterocycles. The second-order valence-corrected chi connectivity index (χ2v) is 7.27. The molecule has 1 fully saturated rings. The van der Waals surface area contributed by atoms with Gasteiger partial charge in [-0.1, -0.05) is 13.0 Å². The number of hydrogen-bond donors (Lipinski definition) is 1. The quantitative estimate of drug-likeness (QED) is 0.814. The highest BCUT2D eigenvalue weighted by Gasteiger charge is 2.28. The minimum Gasteiger partial charge on any atom is -0.497 e. The zero-order chi connectivity index (χ0) is 17.8. The summed E-state index contributed by atoms with van der Waals surface area (Å²) in [5.41, 5.74) is 2.29. The van der Waals surface area contributed by atoms with Crippen LogP contribution in [0.25, 0.3) is 0 Å². The van der Waals surface area contributed by atoms with E-state index in [9.17, 15) is 0 Å². The van der Waals surface area contributed by atoms with Gasteiger partial charge in [0, 0.05) is 37.2 Å². The first-order valence-electron chi connectivity index (χ1n) is 8.91. The number of methoxy groups -OCH3 is 1. The lowest BCUT2D eigenvalue weighted by Crippen LogP contribution is -2.38. The van der Waals surface area contributed by atoms with Crippen LogP contribution in [0.5, 0.6) is 5.75 Å². The van der Waals surface area contributed by atoms with Gasteiger partial charge >= 0.3 is 0 Å². The van der Waals surface area contributed by atoms with Crippen LogP contribution in [0.15, 0.2) is 42.6 Å². The number of anilines is 1. The van der Waals surface area contributed by atoms with Gasteiger partial charge in [0.1, 0.15) is 5.75 Å². The molecule has 1 aliphatic rings. The van der Waals surface area contributed by atoms with Gasteiger partial charge in [-0.25, -0.2) is 0 Å². The molecular weight excluding hydrogens is 330 g/mol. The van der Waals surface area contributed by atoms with Crippen molar-refractivity contribution in [3.05, 3.63) is 48.3 Å². The fourth-order valence-electron chi connectivity index (χ4n) is 3.53. The summed E-state index contributed by atoms with van der Waals surface area (Å²) in [6.07, 6.45) is 5.63. The maximum Gasteiger partial charge on any atom is 0.173 e. The Morgan fingerprint density at radius 2 is 2.04 bits per heavy atom. The summed E-state index contributed by atoms with van der Waals surface area (Å²) < 4.78 is 7.52. The normalized spacial score (nSPS) is 20.8. The van der Waals surface area contributed by atoms with E-state index in [1.54, 1.807) is 7.11 Å². The van der Waals surface area contributed by atoms with Crippen LogP contribution < -0.4 is 10.1 Å². The van der Waals surface area contributed by atoms with Gasteiger partial charge in [0.2, 0.25) is 0 Å². The van der Waals surface area contributed by atoms with Gasteiger partial charge in [-0.3, -0.25) is 0 Å². The summed E-state index contributed by atoms with van der Waals surface area (Å²) in [4.78, 5) is 2.35. The molecular formula is C20H27N3OS. The van der Waals surface area contributed by atoms with Crippen molar-refractivity contribution in [3.8, 4) is 5.75 Å². The van der Waals surface area contributed by atoms with E-state index in [0.717, 1.165) is 35.4 Å². The topological polar surface area (TPSA) is 29.4 Å². The minimum atomic E-state index is 0.315. The predicted octanol–water partition coefficient (Wildman–Crippen LogP) is 4.59. The van der Waals surface area contributed by atoms with Gasteiger partial charge in [0.25, 0.3) is 0 Å². The van der Waals surface area contributed by atoms with Crippen LogP contribution in [0.4, 0.5) is 5.69 Å². The molecule has 1 aliphatic heterocycles. The average Bonchev–Trinajstić information content (AvgIpc) is 2.93. The number of rotatable bonds is 3. The molecule has 0 unspecified atom stereocenters. The number of hydrogen-bond acceptors (Lipinski definition) is 2. The van der Waals surface area contributed by atoms with E-state index in [1.807, 2.05) is 24.3 Å². The third-order valence-electron chi connectivity index (χ3n) is 5.08. The molecule has 3 rings (SSSR count). The maximum atomic E-state index is 5.79. The van der Waals surface area contributed by atoms with Crippen molar-refractivity contribution in [2.75, 3.05) is 19.0 Å². The zero-order valence-corrected chi connectivity index (χ0v) is 16.1. The molecule has 0 amide bonds. The standard InChI is InChI=1S/C20H27N3OS/c1-15-9-10-19(18-8-5-12-22(18)2)23(13-11-15)20(25)21-16-6-4-7-17(14-16)24-3/h4-8,12,14-15,19H,9-11,13H2,1-3H3,(H,21,25)/t15-,19-/m0/s1. The van der Waals surface area contributed by atoms with Crippen molar-refractivity contribution in [1.82, 2.24) is 9.47 Å². The molecule has 1 aromatic carbocycles. The second kappa shape index (κ2) is 7.91. The Bertz CT molecular complexity index is 727. The van der Waals surface area contributed by atoms with Crippen molar-refractivity contribution < 1.29 is 4.74 Å². The molecule has 0 aliphatic carbocycles. The zero-order valence-electron chi connectivity index (χ0n) is 15.2. The number of aryl methyl sites for hydroxylation is 1. The first-order valence-corrected chi connectivity index (χ1v) is 9.32. The summed E-state index contributed by atoms with van der Waals surface area (Å²) in [5, 5.41) is 4.19. The third kappa shape index (κ3) is 4.15. The highest BCUT2D eigenvalue weighted by molar-refractivity contribution is 7.80. The molecule has 4 nitrogen and oxygen atoms in total. The number of ether oxygens (including phenoxy) is 1. The van der Waals surface area contributed by atoms with Crippen molar-refractivity contribution in [2.24, 2.45) is 13.0 Å². The van der Waals surface area contributed by atoms with E-state index in [1.165, 1.54) is 18.5 Å². The van der Waals surface area contributed by atoms with Gasteiger partial charge < -0.3 is 19.5 Å². The van der Waals surface area contributed by atoms with Gasteiger partial charge in [0.15, 0.2) is 5.11 Å². The highest BCUT2D eigenvalue weighted by Crippen LogP contribution is 2.33. The Balaban J connectivity index is 1.82. The van der Waals surface area contributed by atoms with E-state index in [-0.39, 0.29) is 0 Å². The Morgan fingerprint density at radius 1 is 1.20 bits per heavy atom. The fourth-order valence-corrected chi connectivity index (χ4v) is 3.86. The fraction of sp³-hybridized carbons (Fsp3) is 0.450. The maximum absolute atomic E-state index is 5.79. The lowest BCUT2D eigenvalue weighted by Gasteiger charge is -2.33. The van der Waals surface area contributed by atoms with Crippen LogP contribution in [-0.4, -0.2) is 28.2 Å². The lowest BCUT2D eigenvalue weighted by atomic mass is 10.0. The Morgan fingerprint density at radius 3 is 2.76 bits per heavy atom. The number of nitrogens with one attached hydrogen (secondary N) is 1. The number of benzene rings is 1. The molecule has 5 heteroatoms. The van der Waals surface area contributed by atoms with Crippen LogP contribution in [-0.2, 0) is 7.05 Å². The SMILES string of the molecule is COc1cccc(NC(=S)N2CC[C@@H](C)CC[C@H]2c2cccn2C)c1. The molecule has 2 atom stereocenters. The first kappa shape index (κ1) is 17.8. The van der Waals surface area contributed by atoms with E-state index >= 15 is 0 Å². The van der Waals surface area contributed by atoms with Gasteiger partial charge in [-0.05, 0) is 61.7 Å². The summed E-state index contributed by atoms with van der Waals surface area (Å²) in [5.74, 6) is 1.56. The van der Waals surface area contributed by atoms with Crippen LogP contribution in [0.1, 0.15) is 37.9 Å². The van der Waals surface area contributed by atoms with Crippen LogP contribution >= 0.6 is 12.2 Å². The third-order valence-corrected chi connectivity index (χ3v) is 5.42. The highest BCUT2D eigenvalue weighted by atomic mass is 32.1. The first-order chi connectivity index (χ1) is 12.1. The number of nitrogens with zero attached hydrogens (tertiary/aromatic N) is 2. The number of thiocarbonyl (C=S) groups is 1. The average molecular weight is 358 g/mol. The van der Waals surface area contributed by atoms with Gasteiger partial charge in [-0.15, -0.1) is 0 Å². The monoisotopic (exact) mass is 357 g/mol. The molecule has 2 aromatic rings. The van der Waals surface area contributed by atoms with Crippen LogP contribution in [0.3, 0.4) is 0 Å². The largest absolute Gasteiger partial charge is 0.497 e. The molecule has 1 saturated heterocycles. The van der Waals surface area contributed by atoms with E-state index in [2.05, 4.69) is 47.1 Å². The molecule has 1 N–H and O–H groups in total. The second-order valence-electron chi connectivity index (χ2n) is 6.89. The van der Waals surface area contributed by atoms with Gasteiger partial charge in [-0.2, -0.15) is 0 Å². The molecule has 1 aromatic heterocycles. The molecule has 0 spiro atoms. The molecule has 134 valence electrons. The number of aromatic nitrogens is 1. The summed E-state index contributed by atoms with van der Waals surface area (Å²) in [7, 11) is 3.79. The van der Waals surface area contributed by atoms with Gasteiger partial charge in [0.05, 0.1) is 13.2 Å². The summed E-state index contributed by atoms with van der Waals surface area (Å²) >= 11 is 5.79. The van der Waals surface area contributed by atoms with E-state index in [0.29, 0.717) is 6.04 Å². The van der Waals surface area contributed by atoms with Crippen molar-refractivity contribution in [2.45, 2.75) is 32.2 Å². The lowest BCUT2D eigenvalue weighted by molar-refractivity contribution is 0.314. The van der Waals surface area contributed by atoms with Crippen molar-refractivity contribution in [3.63, 3.8) is 0 Å². The Hall–Kier alpha value is -2.01. The van der Waals surface area contributed by atoms with E-state index < -0.39 is 0 Å². The van der Waals surface area contributed by atoms with Crippen LogP contribution in [0.2, 0.25) is 0 Å². The summed E-state index contributed by atoms with van der Waals surface area (Å²) in [6, 6.07) is 12.5. The Kier molecular flexibility index (Phi) is 5.63. The van der Waals surface area contributed by atoms with Crippen molar-refractivity contribution in [1.29, 1.82) is 0 Å². The molecule has 0 saturated carbocycles. The number of likely N-dealkylation sites (tertiary alicyclic amines) is 1.